The van der Waals surface area contributed by atoms with E-state index in [1.54, 1.807) is 20.8 Å². The van der Waals surface area contributed by atoms with Gasteiger partial charge in [0, 0.05) is 26.2 Å². The minimum Gasteiger partial charge on any atom is -0.444 e. The second-order valence-electron chi connectivity index (χ2n) is 6.09. The lowest BCUT2D eigenvalue weighted by atomic mass is 10.0. The molecule has 5 heteroatoms. The Morgan fingerprint density at radius 2 is 1.86 bits per heavy atom. The largest absolute Gasteiger partial charge is 0.444 e. The number of ether oxygens (including phenoxy) is 1. The summed E-state index contributed by atoms with van der Waals surface area (Å²) in [4.78, 5) is 24.7. The molecule has 0 aliphatic carbocycles. The molecule has 0 heterocycles. The van der Waals surface area contributed by atoms with Crippen molar-refractivity contribution in [1.82, 2.24) is 5.32 Å². The third-order valence-corrected chi connectivity index (χ3v) is 2.83. The molecule has 0 aliphatic heterocycles. The highest BCUT2D eigenvalue weighted by molar-refractivity contribution is 5.69. The molecule has 1 amide bonds. The van der Waals surface area contributed by atoms with Crippen molar-refractivity contribution >= 4 is 18.1 Å². The zero-order chi connectivity index (χ0) is 16.0. The Bertz CT molecular complexity index is 475. The molecule has 0 aliphatic rings. The van der Waals surface area contributed by atoms with E-state index in [0.29, 0.717) is 0 Å². The number of nitrogens with one attached hydrogen (secondary N) is 1. The van der Waals surface area contributed by atoms with Crippen LogP contribution in [-0.4, -0.2) is 32.1 Å². The molecule has 21 heavy (non-hydrogen) atoms. The van der Waals surface area contributed by atoms with Crippen LogP contribution in [0.3, 0.4) is 0 Å². The molecular weight excluding hydrogens is 268 g/mol. The molecule has 1 N–H and O–H groups in total. The summed E-state index contributed by atoms with van der Waals surface area (Å²) in [6.07, 6.45) is 0.480. The number of carbonyl (C=O) groups excluding carboxylic acids is 2. The first-order valence-electron chi connectivity index (χ1n) is 6.93. The van der Waals surface area contributed by atoms with Crippen molar-refractivity contribution in [3.63, 3.8) is 0 Å². The van der Waals surface area contributed by atoms with Crippen molar-refractivity contribution in [2.75, 3.05) is 19.0 Å². The lowest BCUT2D eigenvalue weighted by Crippen LogP contribution is -2.35. The van der Waals surface area contributed by atoms with Crippen molar-refractivity contribution in [3.05, 3.63) is 29.8 Å². The Morgan fingerprint density at radius 1 is 1.29 bits per heavy atom. The number of aldehydes is 1. The van der Waals surface area contributed by atoms with E-state index >= 15 is 0 Å². The Labute approximate surface area is 126 Å². The summed E-state index contributed by atoms with van der Waals surface area (Å²) in [5.74, 6) is 0. The van der Waals surface area contributed by atoms with Crippen LogP contribution >= 0.6 is 0 Å². The summed E-state index contributed by atoms with van der Waals surface area (Å²) in [5, 5.41) is 2.73. The fourth-order valence-electron chi connectivity index (χ4n) is 1.83. The average Bonchev–Trinajstić information content (AvgIpc) is 2.36. The Morgan fingerprint density at radius 3 is 2.29 bits per heavy atom. The second-order valence-corrected chi connectivity index (χ2v) is 6.09. The van der Waals surface area contributed by atoms with E-state index in [9.17, 15) is 9.59 Å². The van der Waals surface area contributed by atoms with Gasteiger partial charge < -0.3 is 19.7 Å². The van der Waals surface area contributed by atoms with Gasteiger partial charge in [-0.2, -0.15) is 0 Å². The molecule has 5 nitrogen and oxygen atoms in total. The van der Waals surface area contributed by atoms with E-state index in [2.05, 4.69) is 5.32 Å². The maximum absolute atomic E-state index is 11.8. The first kappa shape index (κ1) is 17.0. The molecule has 0 saturated carbocycles. The van der Waals surface area contributed by atoms with Crippen molar-refractivity contribution in [3.8, 4) is 0 Å². The maximum Gasteiger partial charge on any atom is 0.408 e. The van der Waals surface area contributed by atoms with Crippen LogP contribution in [0.5, 0.6) is 0 Å². The minimum atomic E-state index is -0.565. The molecule has 1 rings (SSSR count). The third-order valence-electron chi connectivity index (χ3n) is 2.83. The normalized spacial score (nSPS) is 12.4. The number of amides is 1. The van der Waals surface area contributed by atoms with Gasteiger partial charge in [-0.3, -0.25) is 0 Å². The van der Waals surface area contributed by atoms with E-state index in [1.165, 1.54) is 0 Å². The number of hydrogen-bond acceptors (Lipinski definition) is 4. The van der Waals surface area contributed by atoms with Gasteiger partial charge >= 0.3 is 6.09 Å². The Hall–Kier alpha value is -2.04. The summed E-state index contributed by atoms with van der Waals surface area (Å²) in [5.41, 5.74) is 1.37. The van der Waals surface area contributed by atoms with Gasteiger partial charge in [0.15, 0.2) is 0 Å². The van der Waals surface area contributed by atoms with Crippen LogP contribution in [0.2, 0.25) is 0 Å². The summed E-state index contributed by atoms with van der Waals surface area (Å²) in [6, 6.07) is 7.32. The molecular formula is C16H24N2O3. The molecule has 0 spiro atoms. The van der Waals surface area contributed by atoms with E-state index in [1.807, 2.05) is 43.3 Å². The standard InChI is InChI=1S/C16H24N2O3/c1-16(2,3)21-15(20)17-14(10-11-19)12-6-8-13(9-7-12)18(4)5/h6-9,11,14H,10H2,1-5H3,(H,17,20)/t14-/m1/s1. The SMILES string of the molecule is CN(C)c1ccc([C@@H](CC=O)NC(=O)OC(C)(C)C)cc1. The fourth-order valence-corrected chi connectivity index (χ4v) is 1.83. The quantitative estimate of drug-likeness (QED) is 0.848. The van der Waals surface area contributed by atoms with Gasteiger partial charge in [-0.25, -0.2) is 4.79 Å². The molecule has 0 aromatic heterocycles. The van der Waals surface area contributed by atoms with Gasteiger partial charge in [-0.05, 0) is 38.5 Å². The summed E-state index contributed by atoms with van der Waals surface area (Å²) in [6.45, 7) is 5.40. The predicted molar refractivity (Wildman–Crippen MR) is 83.6 cm³/mol. The maximum atomic E-state index is 11.8. The molecule has 0 unspecified atom stereocenters. The van der Waals surface area contributed by atoms with E-state index < -0.39 is 11.7 Å². The topological polar surface area (TPSA) is 58.6 Å². The van der Waals surface area contributed by atoms with Crippen LogP contribution in [0.25, 0.3) is 0 Å². The van der Waals surface area contributed by atoms with Crippen LogP contribution in [0, 0.1) is 0 Å². The number of hydrogen-bond donors (Lipinski definition) is 1. The summed E-state index contributed by atoms with van der Waals surface area (Å²) >= 11 is 0. The van der Waals surface area contributed by atoms with E-state index in [4.69, 9.17) is 4.74 Å². The number of rotatable bonds is 5. The predicted octanol–water partition coefficient (Wildman–Crippen LogP) is 2.91. The molecule has 0 bridgehead atoms. The molecule has 1 aromatic carbocycles. The van der Waals surface area contributed by atoms with Crippen molar-refractivity contribution in [1.29, 1.82) is 0 Å². The first-order valence-corrected chi connectivity index (χ1v) is 6.93. The van der Waals surface area contributed by atoms with Gasteiger partial charge in [0.05, 0.1) is 6.04 Å². The fraction of sp³-hybridized carbons (Fsp3) is 0.500. The van der Waals surface area contributed by atoms with Gasteiger partial charge in [0.25, 0.3) is 0 Å². The van der Waals surface area contributed by atoms with Gasteiger partial charge in [-0.15, -0.1) is 0 Å². The molecule has 116 valence electrons. The number of alkyl carbamates (subject to hydrolysis) is 1. The number of nitrogens with zero attached hydrogens (tertiary/aromatic N) is 1. The molecule has 1 aromatic rings. The molecule has 0 fully saturated rings. The van der Waals surface area contributed by atoms with E-state index in [0.717, 1.165) is 17.5 Å². The Kier molecular flexibility index (Phi) is 5.76. The van der Waals surface area contributed by atoms with Crippen LogP contribution < -0.4 is 10.2 Å². The van der Waals surface area contributed by atoms with Crippen LogP contribution in [0.1, 0.15) is 38.8 Å². The average molecular weight is 292 g/mol. The highest BCUT2D eigenvalue weighted by atomic mass is 16.6. The number of anilines is 1. The minimum absolute atomic E-state index is 0.209. The van der Waals surface area contributed by atoms with Crippen molar-refractivity contribution < 1.29 is 14.3 Å². The smallest absolute Gasteiger partial charge is 0.408 e. The highest BCUT2D eigenvalue weighted by Crippen LogP contribution is 2.20. The summed E-state index contributed by atoms with van der Waals surface area (Å²) < 4.78 is 5.22. The first-order chi connectivity index (χ1) is 9.73. The molecule has 0 radical (unpaired) electrons. The van der Waals surface area contributed by atoms with Gasteiger partial charge in [0.1, 0.15) is 11.9 Å². The second kappa shape index (κ2) is 7.11. The van der Waals surface area contributed by atoms with Crippen molar-refractivity contribution in [2.45, 2.75) is 38.8 Å². The summed E-state index contributed by atoms with van der Waals surface area (Å²) in [7, 11) is 3.91. The monoisotopic (exact) mass is 292 g/mol. The van der Waals surface area contributed by atoms with Crippen molar-refractivity contribution in [2.24, 2.45) is 0 Å². The van der Waals surface area contributed by atoms with Crippen LogP contribution in [-0.2, 0) is 9.53 Å². The number of benzene rings is 1. The van der Waals surface area contributed by atoms with Crippen LogP contribution in [0.15, 0.2) is 24.3 Å². The lowest BCUT2D eigenvalue weighted by molar-refractivity contribution is -0.108. The van der Waals surface area contributed by atoms with E-state index in [-0.39, 0.29) is 12.5 Å². The molecule has 1 atom stereocenters. The zero-order valence-electron chi connectivity index (χ0n) is 13.3. The van der Waals surface area contributed by atoms with Crippen LogP contribution in [0.4, 0.5) is 10.5 Å². The zero-order valence-corrected chi connectivity index (χ0v) is 13.3. The number of carbonyl (C=O) groups is 2. The van der Waals surface area contributed by atoms with Gasteiger partial charge in [-0.1, -0.05) is 12.1 Å². The van der Waals surface area contributed by atoms with Gasteiger partial charge in [0.2, 0.25) is 0 Å². The lowest BCUT2D eigenvalue weighted by Gasteiger charge is -2.23. The Balaban J connectivity index is 2.81. The molecule has 0 saturated heterocycles. The third kappa shape index (κ3) is 5.85. The highest BCUT2D eigenvalue weighted by Gasteiger charge is 2.20.